The second kappa shape index (κ2) is 16.3. The summed E-state index contributed by atoms with van der Waals surface area (Å²) in [6.07, 6.45) is 3.21. The predicted molar refractivity (Wildman–Crippen MR) is 187 cm³/mol. The van der Waals surface area contributed by atoms with Gasteiger partial charge in [0.15, 0.2) is 0 Å². The number of hydrogen-bond acceptors (Lipinski definition) is 6. The fourth-order valence-electron chi connectivity index (χ4n) is 5.31. The van der Waals surface area contributed by atoms with Crippen LogP contribution in [-0.2, 0) is 33.1 Å². The fraction of sp³-hybridized carbons (Fsp3) is 0.278. The average molecular weight is 659 g/mol. The molecule has 0 fully saturated rings. The van der Waals surface area contributed by atoms with Crippen molar-refractivity contribution in [1.29, 1.82) is 0 Å². The predicted octanol–water partition coefficient (Wildman–Crippen LogP) is 5.69. The van der Waals surface area contributed by atoms with E-state index in [1.54, 1.807) is 24.3 Å². The quantitative estimate of drug-likeness (QED) is 0.0900. The van der Waals surface area contributed by atoms with Gasteiger partial charge < -0.3 is 10.6 Å². The molecule has 5 aromatic carbocycles. The number of benzene rings is 5. The molecule has 0 bridgehead atoms. The summed E-state index contributed by atoms with van der Waals surface area (Å²) in [7, 11) is -7.07. The van der Waals surface area contributed by atoms with E-state index in [0.29, 0.717) is 22.9 Å². The summed E-state index contributed by atoms with van der Waals surface area (Å²) in [5.74, 6) is 0. The number of hydrogen-bond donors (Lipinski definition) is 4. The first-order chi connectivity index (χ1) is 22.3. The molecule has 0 atom stereocenters. The van der Waals surface area contributed by atoms with Gasteiger partial charge in [-0.25, -0.2) is 26.3 Å². The molecule has 8 nitrogen and oxygen atoms in total. The zero-order chi connectivity index (χ0) is 32.2. The van der Waals surface area contributed by atoms with Crippen LogP contribution >= 0.6 is 0 Å². The van der Waals surface area contributed by atoms with Crippen molar-refractivity contribution >= 4 is 41.6 Å². The molecule has 0 saturated carbocycles. The molecule has 0 spiro atoms. The molecule has 0 radical (unpaired) electrons. The van der Waals surface area contributed by atoms with Crippen LogP contribution in [0.2, 0.25) is 0 Å². The van der Waals surface area contributed by atoms with E-state index in [-0.39, 0.29) is 0 Å². The first-order valence-corrected chi connectivity index (χ1v) is 18.7. The minimum Gasteiger partial charge on any atom is -0.313 e. The summed E-state index contributed by atoms with van der Waals surface area (Å²) < 4.78 is 56.2. The molecule has 0 aliphatic carbocycles. The van der Waals surface area contributed by atoms with Crippen LogP contribution in [0.3, 0.4) is 0 Å². The van der Waals surface area contributed by atoms with Crippen molar-refractivity contribution in [2.24, 2.45) is 0 Å². The van der Waals surface area contributed by atoms with Gasteiger partial charge >= 0.3 is 0 Å². The lowest BCUT2D eigenvalue weighted by atomic mass is 10.1. The maximum atomic E-state index is 12.7. The molecule has 0 amide bonds. The van der Waals surface area contributed by atoms with Crippen molar-refractivity contribution in [3.8, 4) is 0 Å². The standard InChI is InChI=1S/C36H42N4O4S2/c41-45(42,35-18-16-31-12-1-3-14-33(31)25-35)39-22-7-5-20-37-27-29-10-9-11-30(24-29)28-38-21-6-8-23-40-46(43,44)36-19-17-32-13-2-4-15-34(32)26-36/h1-4,9-19,24-26,37-40H,5-8,20-23,27-28H2. The number of rotatable bonds is 18. The van der Waals surface area contributed by atoms with Crippen molar-refractivity contribution in [2.45, 2.75) is 48.6 Å². The minimum absolute atomic E-state index is 0.291. The second-order valence-electron chi connectivity index (χ2n) is 11.4. The molecule has 0 aromatic heterocycles. The first kappa shape index (κ1) is 33.7. The summed E-state index contributed by atoms with van der Waals surface area (Å²) in [4.78, 5) is 0.581. The Morgan fingerprint density at radius 2 is 0.826 bits per heavy atom. The molecule has 0 saturated heterocycles. The first-order valence-electron chi connectivity index (χ1n) is 15.8. The second-order valence-corrected chi connectivity index (χ2v) is 14.9. The van der Waals surface area contributed by atoms with Gasteiger partial charge in [-0.3, -0.25) is 0 Å². The molecule has 242 valence electrons. The lowest BCUT2D eigenvalue weighted by molar-refractivity contribution is 0.570. The lowest BCUT2D eigenvalue weighted by Crippen LogP contribution is -2.25. The van der Waals surface area contributed by atoms with Crippen LogP contribution in [0.15, 0.2) is 119 Å². The van der Waals surface area contributed by atoms with E-state index < -0.39 is 20.0 Å². The Bertz CT molecular complexity index is 1830. The fourth-order valence-corrected chi connectivity index (χ4v) is 7.53. The Balaban J connectivity index is 0.926. The van der Waals surface area contributed by atoms with E-state index in [2.05, 4.69) is 44.3 Å². The largest absolute Gasteiger partial charge is 0.313 e. The van der Waals surface area contributed by atoms with Gasteiger partial charge in [-0.2, -0.15) is 0 Å². The lowest BCUT2D eigenvalue weighted by Gasteiger charge is -2.10. The monoisotopic (exact) mass is 658 g/mol. The van der Waals surface area contributed by atoms with Crippen molar-refractivity contribution in [3.05, 3.63) is 120 Å². The molecule has 0 aliphatic heterocycles. The van der Waals surface area contributed by atoms with E-state index in [9.17, 15) is 16.8 Å². The average Bonchev–Trinajstić information content (AvgIpc) is 3.07. The molecule has 4 N–H and O–H groups in total. The summed E-state index contributed by atoms with van der Waals surface area (Å²) in [6.45, 7) is 3.88. The van der Waals surface area contributed by atoms with Crippen molar-refractivity contribution in [1.82, 2.24) is 20.1 Å². The minimum atomic E-state index is -3.53. The molecule has 5 aromatic rings. The number of unbranched alkanes of at least 4 members (excludes halogenated alkanes) is 2. The highest BCUT2D eigenvalue weighted by Crippen LogP contribution is 2.20. The zero-order valence-corrected chi connectivity index (χ0v) is 27.5. The highest BCUT2D eigenvalue weighted by atomic mass is 32.2. The van der Waals surface area contributed by atoms with E-state index in [1.165, 1.54) is 11.1 Å². The molecule has 10 heteroatoms. The van der Waals surface area contributed by atoms with E-state index >= 15 is 0 Å². The smallest absolute Gasteiger partial charge is 0.240 e. The van der Waals surface area contributed by atoms with Crippen LogP contribution < -0.4 is 20.1 Å². The number of nitrogens with one attached hydrogen (secondary N) is 4. The van der Waals surface area contributed by atoms with Crippen LogP contribution in [0.5, 0.6) is 0 Å². The maximum Gasteiger partial charge on any atom is 0.240 e. The molecule has 5 rings (SSSR count). The van der Waals surface area contributed by atoms with Gasteiger partial charge in [0.25, 0.3) is 0 Å². The highest BCUT2D eigenvalue weighted by molar-refractivity contribution is 7.89. The molecule has 0 heterocycles. The van der Waals surface area contributed by atoms with Crippen molar-refractivity contribution in [3.63, 3.8) is 0 Å². The summed E-state index contributed by atoms with van der Waals surface area (Å²) in [5.41, 5.74) is 2.39. The van der Waals surface area contributed by atoms with Gasteiger partial charge in [0, 0.05) is 26.2 Å². The van der Waals surface area contributed by atoms with Gasteiger partial charge in [-0.1, -0.05) is 84.9 Å². The Morgan fingerprint density at radius 1 is 0.413 bits per heavy atom. The normalized spacial score (nSPS) is 12.2. The third-order valence-corrected chi connectivity index (χ3v) is 10.8. The Kier molecular flexibility index (Phi) is 11.9. The third kappa shape index (κ3) is 9.68. The van der Waals surface area contributed by atoms with Gasteiger partial charge in [0.1, 0.15) is 0 Å². The SMILES string of the molecule is O=S(=O)(NCCCCNCc1cccc(CNCCCCNS(=O)(=O)c2ccc3ccccc3c2)c1)c1ccc2ccccc2c1. The Labute approximate surface area is 272 Å². The zero-order valence-electron chi connectivity index (χ0n) is 25.9. The van der Waals surface area contributed by atoms with Gasteiger partial charge in [-0.15, -0.1) is 0 Å². The van der Waals surface area contributed by atoms with E-state index in [4.69, 9.17) is 0 Å². The number of sulfonamides is 2. The van der Waals surface area contributed by atoms with Crippen LogP contribution in [0.1, 0.15) is 36.8 Å². The number of fused-ring (bicyclic) bond motifs is 2. The maximum absolute atomic E-state index is 12.7. The van der Waals surface area contributed by atoms with Gasteiger partial charge in [0.05, 0.1) is 9.79 Å². The van der Waals surface area contributed by atoms with Gasteiger partial charge in [0.2, 0.25) is 20.0 Å². The molecule has 46 heavy (non-hydrogen) atoms. The summed E-state index contributed by atoms with van der Waals surface area (Å²) in [6, 6.07) is 34.3. The molecular weight excluding hydrogens is 617 g/mol. The topological polar surface area (TPSA) is 116 Å². The van der Waals surface area contributed by atoms with Crippen molar-refractivity contribution in [2.75, 3.05) is 26.2 Å². The van der Waals surface area contributed by atoms with Crippen LogP contribution in [0.25, 0.3) is 21.5 Å². The van der Waals surface area contributed by atoms with Crippen LogP contribution in [0.4, 0.5) is 0 Å². The van der Waals surface area contributed by atoms with Crippen LogP contribution in [-0.4, -0.2) is 43.0 Å². The summed E-state index contributed by atoms with van der Waals surface area (Å²) in [5, 5.41) is 10.7. The third-order valence-electron chi connectivity index (χ3n) is 7.86. The Hall–Kier alpha value is -3.64. The van der Waals surface area contributed by atoms with Gasteiger partial charge in [-0.05, 0) is 95.7 Å². The van der Waals surface area contributed by atoms with Crippen molar-refractivity contribution < 1.29 is 16.8 Å². The highest BCUT2D eigenvalue weighted by Gasteiger charge is 2.14. The molecule has 0 unspecified atom stereocenters. The summed E-state index contributed by atoms with van der Waals surface area (Å²) >= 11 is 0. The van der Waals surface area contributed by atoms with Crippen LogP contribution in [0, 0.1) is 0 Å². The van der Waals surface area contributed by atoms with E-state index in [0.717, 1.165) is 73.4 Å². The Morgan fingerprint density at radius 3 is 1.28 bits per heavy atom. The molecule has 0 aliphatic rings. The van der Waals surface area contributed by atoms with E-state index in [1.807, 2.05) is 60.7 Å². The molecular formula is C36H42N4O4S2.